The molecular weight excluding hydrogens is 300 g/mol. The van der Waals surface area contributed by atoms with E-state index in [1.807, 2.05) is 6.92 Å². The van der Waals surface area contributed by atoms with E-state index in [9.17, 15) is 4.79 Å². The summed E-state index contributed by atoms with van der Waals surface area (Å²) in [5.74, 6) is 0.752. The lowest BCUT2D eigenvalue weighted by atomic mass is 10.2. The summed E-state index contributed by atoms with van der Waals surface area (Å²) in [6, 6.07) is 5.38. The van der Waals surface area contributed by atoms with Gasteiger partial charge < -0.3 is 10.6 Å². The van der Waals surface area contributed by atoms with E-state index in [1.165, 1.54) is 12.4 Å². The fourth-order valence-corrected chi connectivity index (χ4v) is 1.94. The smallest absolute Gasteiger partial charge is 0.258 e. The first kappa shape index (κ1) is 16.2. The normalized spacial score (nSPS) is 10.6. The Balaban J connectivity index is 2.05. The van der Waals surface area contributed by atoms with Gasteiger partial charge in [-0.3, -0.25) is 4.79 Å². The zero-order valence-electron chi connectivity index (χ0n) is 12.9. The van der Waals surface area contributed by atoms with Gasteiger partial charge in [0.1, 0.15) is 0 Å². The maximum absolute atomic E-state index is 12.2. The summed E-state index contributed by atoms with van der Waals surface area (Å²) in [5.41, 5.74) is 1.91. The Morgan fingerprint density at radius 2 is 1.95 bits per heavy atom. The SMILES string of the molecule is Cc1c(Cl)cccc1NC(=O)c1cnc(NCC(C)C)nc1. The van der Waals surface area contributed by atoms with Crippen molar-refractivity contribution in [1.82, 2.24) is 9.97 Å². The standard InChI is InChI=1S/C16H19ClN4O/c1-10(2)7-18-16-19-8-12(9-20-16)15(22)21-14-6-4-5-13(17)11(14)3/h4-6,8-10H,7H2,1-3H3,(H,21,22)(H,18,19,20). The molecule has 0 saturated carbocycles. The van der Waals surface area contributed by atoms with E-state index in [-0.39, 0.29) is 5.91 Å². The number of anilines is 2. The van der Waals surface area contributed by atoms with Gasteiger partial charge in [0.2, 0.25) is 5.95 Å². The molecule has 0 bridgehead atoms. The topological polar surface area (TPSA) is 66.9 Å². The molecule has 0 atom stereocenters. The van der Waals surface area contributed by atoms with Crippen LogP contribution in [0.1, 0.15) is 29.8 Å². The third-order valence-electron chi connectivity index (χ3n) is 3.10. The number of carbonyl (C=O) groups excluding carboxylic acids is 1. The lowest BCUT2D eigenvalue weighted by Crippen LogP contribution is -2.15. The Morgan fingerprint density at radius 3 is 2.59 bits per heavy atom. The van der Waals surface area contributed by atoms with E-state index < -0.39 is 0 Å². The largest absolute Gasteiger partial charge is 0.354 e. The van der Waals surface area contributed by atoms with Crippen molar-refractivity contribution in [3.8, 4) is 0 Å². The highest BCUT2D eigenvalue weighted by molar-refractivity contribution is 6.31. The molecule has 1 aromatic heterocycles. The van der Waals surface area contributed by atoms with Crippen LogP contribution in [0, 0.1) is 12.8 Å². The second-order valence-electron chi connectivity index (χ2n) is 5.44. The molecule has 0 radical (unpaired) electrons. The average Bonchev–Trinajstić information content (AvgIpc) is 2.50. The highest BCUT2D eigenvalue weighted by Gasteiger charge is 2.10. The maximum atomic E-state index is 12.2. The molecule has 22 heavy (non-hydrogen) atoms. The summed E-state index contributed by atoms with van der Waals surface area (Å²) >= 11 is 6.04. The summed E-state index contributed by atoms with van der Waals surface area (Å²) in [7, 11) is 0. The molecule has 116 valence electrons. The van der Waals surface area contributed by atoms with Crippen LogP contribution in [0.5, 0.6) is 0 Å². The number of aromatic nitrogens is 2. The molecular formula is C16H19ClN4O. The summed E-state index contributed by atoms with van der Waals surface area (Å²) in [5, 5.41) is 6.53. The quantitative estimate of drug-likeness (QED) is 0.881. The summed E-state index contributed by atoms with van der Waals surface area (Å²) in [4.78, 5) is 20.5. The van der Waals surface area contributed by atoms with Crippen molar-refractivity contribution >= 4 is 29.1 Å². The predicted molar refractivity (Wildman–Crippen MR) is 89.5 cm³/mol. The average molecular weight is 319 g/mol. The van der Waals surface area contributed by atoms with Crippen molar-refractivity contribution < 1.29 is 4.79 Å². The van der Waals surface area contributed by atoms with Crippen molar-refractivity contribution in [3.05, 3.63) is 46.7 Å². The van der Waals surface area contributed by atoms with E-state index in [0.29, 0.717) is 28.1 Å². The second-order valence-corrected chi connectivity index (χ2v) is 5.84. The van der Waals surface area contributed by atoms with Crippen LogP contribution in [-0.4, -0.2) is 22.4 Å². The molecule has 1 amide bonds. The summed E-state index contributed by atoms with van der Waals surface area (Å²) in [6.45, 7) is 6.84. The predicted octanol–water partition coefficient (Wildman–Crippen LogP) is 3.76. The first-order chi connectivity index (χ1) is 10.5. The summed E-state index contributed by atoms with van der Waals surface area (Å²) in [6.07, 6.45) is 3.01. The highest BCUT2D eigenvalue weighted by Crippen LogP contribution is 2.23. The molecule has 1 heterocycles. The molecule has 2 rings (SSSR count). The lowest BCUT2D eigenvalue weighted by molar-refractivity contribution is 0.102. The molecule has 0 aliphatic carbocycles. The van der Waals surface area contributed by atoms with Crippen molar-refractivity contribution in [3.63, 3.8) is 0 Å². The third kappa shape index (κ3) is 4.18. The van der Waals surface area contributed by atoms with Crippen LogP contribution in [-0.2, 0) is 0 Å². The number of rotatable bonds is 5. The number of hydrogen-bond donors (Lipinski definition) is 2. The molecule has 0 fully saturated rings. The second kappa shape index (κ2) is 7.22. The molecule has 1 aromatic carbocycles. The van der Waals surface area contributed by atoms with Gasteiger partial charge in [0, 0.05) is 29.6 Å². The number of hydrogen-bond acceptors (Lipinski definition) is 4. The van der Waals surface area contributed by atoms with E-state index in [4.69, 9.17) is 11.6 Å². The van der Waals surface area contributed by atoms with Crippen molar-refractivity contribution in [2.75, 3.05) is 17.2 Å². The molecule has 0 spiro atoms. The van der Waals surface area contributed by atoms with Gasteiger partial charge in [0.25, 0.3) is 5.91 Å². The third-order valence-corrected chi connectivity index (χ3v) is 3.51. The first-order valence-corrected chi connectivity index (χ1v) is 7.47. The molecule has 0 unspecified atom stereocenters. The number of nitrogens with zero attached hydrogens (tertiary/aromatic N) is 2. The zero-order valence-corrected chi connectivity index (χ0v) is 13.6. The van der Waals surface area contributed by atoms with Crippen molar-refractivity contribution in [1.29, 1.82) is 0 Å². The van der Waals surface area contributed by atoms with Crippen LogP contribution in [0.2, 0.25) is 5.02 Å². The van der Waals surface area contributed by atoms with Gasteiger partial charge in [-0.05, 0) is 30.5 Å². The van der Waals surface area contributed by atoms with Crippen LogP contribution >= 0.6 is 11.6 Å². The summed E-state index contributed by atoms with van der Waals surface area (Å²) < 4.78 is 0. The first-order valence-electron chi connectivity index (χ1n) is 7.09. The van der Waals surface area contributed by atoms with E-state index >= 15 is 0 Å². The van der Waals surface area contributed by atoms with Crippen LogP contribution in [0.3, 0.4) is 0 Å². The molecule has 6 heteroatoms. The van der Waals surface area contributed by atoms with E-state index in [2.05, 4.69) is 34.4 Å². The Hall–Kier alpha value is -2.14. The lowest BCUT2D eigenvalue weighted by Gasteiger charge is -2.10. The van der Waals surface area contributed by atoms with Gasteiger partial charge >= 0.3 is 0 Å². The number of nitrogens with one attached hydrogen (secondary N) is 2. The number of amides is 1. The van der Waals surface area contributed by atoms with Gasteiger partial charge in [-0.15, -0.1) is 0 Å². The maximum Gasteiger partial charge on any atom is 0.258 e. The minimum Gasteiger partial charge on any atom is -0.354 e. The molecule has 0 aliphatic rings. The number of benzene rings is 1. The van der Waals surface area contributed by atoms with Crippen molar-refractivity contribution in [2.24, 2.45) is 5.92 Å². The fraction of sp³-hybridized carbons (Fsp3) is 0.312. The monoisotopic (exact) mass is 318 g/mol. The Bertz CT molecular complexity index is 656. The van der Waals surface area contributed by atoms with Gasteiger partial charge in [-0.25, -0.2) is 9.97 Å². The van der Waals surface area contributed by atoms with E-state index in [0.717, 1.165) is 12.1 Å². The number of halogens is 1. The van der Waals surface area contributed by atoms with Crippen LogP contribution in [0.4, 0.5) is 11.6 Å². The van der Waals surface area contributed by atoms with Gasteiger partial charge in [0.05, 0.1) is 5.56 Å². The van der Waals surface area contributed by atoms with Crippen LogP contribution in [0.15, 0.2) is 30.6 Å². The Labute approximate surface area is 135 Å². The van der Waals surface area contributed by atoms with Crippen LogP contribution in [0.25, 0.3) is 0 Å². The van der Waals surface area contributed by atoms with E-state index in [1.54, 1.807) is 18.2 Å². The molecule has 5 nitrogen and oxygen atoms in total. The Morgan fingerprint density at radius 1 is 1.27 bits per heavy atom. The van der Waals surface area contributed by atoms with Crippen molar-refractivity contribution in [2.45, 2.75) is 20.8 Å². The molecule has 0 saturated heterocycles. The molecule has 2 N–H and O–H groups in total. The highest BCUT2D eigenvalue weighted by atomic mass is 35.5. The Kier molecular flexibility index (Phi) is 5.33. The van der Waals surface area contributed by atoms with Crippen LogP contribution < -0.4 is 10.6 Å². The zero-order chi connectivity index (χ0) is 16.1. The molecule has 0 aliphatic heterocycles. The van der Waals surface area contributed by atoms with Gasteiger partial charge in [0.15, 0.2) is 0 Å². The minimum atomic E-state index is -0.263. The fourth-order valence-electron chi connectivity index (χ4n) is 1.77. The number of carbonyl (C=O) groups is 1. The molecule has 2 aromatic rings. The van der Waals surface area contributed by atoms with Gasteiger partial charge in [-0.2, -0.15) is 0 Å². The minimum absolute atomic E-state index is 0.263. The van der Waals surface area contributed by atoms with Gasteiger partial charge in [-0.1, -0.05) is 31.5 Å².